The lowest BCUT2D eigenvalue weighted by Crippen LogP contribution is -2.09. The van der Waals surface area contributed by atoms with Crippen LogP contribution in [0.25, 0.3) is 11.0 Å². The van der Waals surface area contributed by atoms with Gasteiger partial charge < -0.3 is 4.57 Å². The first-order valence-corrected chi connectivity index (χ1v) is 7.72. The summed E-state index contributed by atoms with van der Waals surface area (Å²) in [5.74, 6) is 0.432. The number of benzene rings is 1. The van der Waals surface area contributed by atoms with Gasteiger partial charge in [0.2, 0.25) is 0 Å². The molecule has 0 saturated heterocycles. The van der Waals surface area contributed by atoms with E-state index in [2.05, 4.69) is 9.97 Å². The van der Waals surface area contributed by atoms with E-state index in [1.807, 2.05) is 16.9 Å². The summed E-state index contributed by atoms with van der Waals surface area (Å²) in [6.07, 6.45) is 1.75. The predicted molar refractivity (Wildman–Crippen MR) is 80.2 cm³/mol. The fraction of sp³-hybridized carbons (Fsp3) is 0.231. The molecule has 0 N–H and O–H groups in total. The van der Waals surface area contributed by atoms with Crippen molar-refractivity contribution in [3.63, 3.8) is 0 Å². The smallest absolute Gasteiger partial charge is 0.144 e. The van der Waals surface area contributed by atoms with E-state index >= 15 is 0 Å². The second-order valence-corrected chi connectivity index (χ2v) is 5.93. The fourth-order valence-electron chi connectivity index (χ4n) is 2.22. The molecule has 0 saturated carbocycles. The van der Waals surface area contributed by atoms with E-state index in [0.717, 1.165) is 10.5 Å². The minimum absolute atomic E-state index is 0.0322. The summed E-state index contributed by atoms with van der Waals surface area (Å²) in [6.45, 7) is 2.01. The molecule has 2 heterocycles. The predicted octanol–water partition coefficient (Wildman–Crippen LogP) is 4.63. The highest BCUT2D eigenvalue weighted by molar-refractivity contribution is 7.09. The molecule has 7 heteroatoms. The largest absolute Gasteiger partial charge is 0.317 e. The number of fused-ring (bicyclic) bond motifs is 1. The van der Waals surface area contributed by atoms with Crippen molar-refractivity contribution in [3.8, 4) is 0 Å². The van der Waals surface area contributed by atoms with Crippen molar-refractivity contribution >= 4 is 45.6 Å². The van der Waals surface area contributed by atoms with E-state index in [1.165, 1.54) is 6.07 Å². The molecule has 1 aromatic carbocycles. The van der Waals surface area contributed by atoms with E-state index in [4.69, 9.17) is 23.2 Å². The van der Waals surface area contributed by atoms with Gasteiger partial charge in [-0.05, 0) is 13.0 Å². The highest BCUT2D eigenvalue weighted by atomic mass is 35.5. The van der Waals surface area contributed by atoms with Gasteiger partial charge in [0.25, 0.3) is 0 Å². The van der Waals surface area contributed by atoms with Crippen LogP contribution in [-0.2, 0) is 5.88 Å². The standard InChI is InChI=1S/C13H10Cl2FN3S/c1-7(13-17-2-3-20-13)19-11-4-8(15)9(16)5-10(11)18-12(19)6-14/h2-5,7H,6H2,1H3. The molecule has 1 atom stereocenters. The zero-order valence-corrected chi connectivity index (χ0v) is 12.8. The molecule has 0 spiro atoms. The molecule has 0 aliphatic heterocycles. The topological polar surface area (TPSA) is 30.7 Å². The van der Waals surface area contributed by atoms with Crippen molar-refractivity contribution in [3.05, 3.63) is 45.4 Å². The summed E-state index contributed by atoms with van der Waals surface area (Å²) in [7, 11) is 0. The quantitative estimate of drug-likeness (QED) is 0.655. The summed E-state index contributed by atoms with van der Waals surface area (Å²) in [4.78, 5) is 8.69. The fourth-order valence-corrected chi connectivity index (χ4v) is 3.25. The molecule has 3 nitrogen and oxygen atoms in total. The summed E-state index contributed by atoms with van der Waals surface area (Å²) in [5, 5.41) is 2.93. The molecular formula is C13H10Cl2FN3S. The number of hydrogen-bond donors (Lipinski definition) is 0. The lowest BCUT2D eigenvalue weighted by Gasteiger charge is -2.14. The normalized spacial score (nSPS) is 13.0. The Hall–Kier alpha value is -1.17. The van der Waals surface area contributed by atoms with Crippen LogP contribution in [0.5, 0.6) is 0 Å². The van der Waals surface area contributed by atoms with Crippen molar-refractivity contribution in [2.45, 2.75) is 18.8 Å². The lowest BCUT2D eigenvalue weighted by molar-refractivity contribution is 0.625. The van der Waals surface area contributed by atoms with Crippen molar-refractivity contribution in [2.24, 2.45) is 0 Å². The number of alkyl halides is 1. The van der Waals surface area contributed by atoms with Gasteiger partial charge in [0.1, 0.15) is 16.6 Å². The van der Waals surface area contributed by atoms with Crippen molar-refractivity contribution in [2.75, 3.05) is 0 Å². The number of nitrogens with zero attached hydrogens (tertiary/aromatic N) is 3. The van der Waals surface area contributed by atoms with Gasteiger partial charge in [-0.2, -0.15) is 0 Å². The Morgan fingerprint density at radius 3 is 2.90 bits per heavy atom. The zero-order valence-electron chi connectivity index (χ0n) is 10.5. The molecule has 1 unspecified atom stereocenters. The maximum absolute atomic E-state index is 13.5. The van der Waals surface area contributed by atoms with E-state index < -0.39 is 5.82 Å². The van der Waals surface area contributed by atoms with E-state index in [1.54, 1.807) is 23.6 Å². The Morgan fingerprint density at radius 2 is 2.25 bits per heavy atom. The second-order valence-electron chi connectivity index (χ2n) is 4.33. The highest BCUT2D eigenvalue weighted by Crippen LogP contribution is 2.30. The summed E-state index contributed by atoms with van der Waals surface area (Å²) < 4.78 is 15.5. The number of aromatic nitrogens is 3. The zero-order chi connectivity index (χ0) is 14.3. The van der Waals surface area contributed by atoms with Gasteiger partial charge in [0.15, 0.2) is 0 Å². The van der Waals surface area contributed by atoms with E-state index in [-0.39, 0.29) is 16.9 Å². The van der Waals surface area contributed by atoms with Gasteiger partial charge in [0.05, 0.1) is 28.0 Å². The average molecular weight is 330 g/mol. The third-order valence-corrected chi connectivity index (χ3v) is 4.59. The number of thiazole rings is 1. The molecule has 20 heavy (non-hydrogen) atoms. The summed E-state index contributed by atoms with van der Waals surface area (Å²) in [5.41, 5.74) is 1.31. The van der Waals surface area contributed by atoms with Crippen molar-refractivity contribution in [1.82, 2.24) is 14.5 Å². The molecule has 0 amide bonds. The Morgan fingerprint density at radius 1 is 1.45 bits per heavy atom. The maximum atomic E-state index is 13.5. The molecule has 0 bridgehead atoms. The van der Waals surface area contributed by atoms with Crippen LogP contribution in [0.15, 0.2) is 23.7 Å². The molecule has 2 aromatic heterocycles. The van der Waals surface area contributed by atoms with Crippen LogP contribution < -0.4 is 0 Å². The Bertz CT molecular complexity index is 755. The minimum Gasteiger partial charge on any atom is -0.317 e. The molecule has 0 aliphatic rings. The molecule has 104 valence electrons. The molecule has 3 rings (SSSR count). The Balaban J connectivity index is 2.25. The minimum atomic E-state index is -0.480. The van der Waals surface area contributed by atoms with Gasteiger partial charge >= 0.3 is 0 Å². The van der Waals surface area contributed by atoms with Crippen molar-refractivity contribution < 1.29 is 4.39 Å². The molecule has 3 aromatic rings. The van der Waals surface area contributed by atoms with E-state index in [9.17, 15) is 4.39 Å². The molecule has 0 fully saturated rings. The molecule has 0 aliphatic carbocycles. The third-order valence-electron chi connectivity index (χ3n) is 3.12. The highest BCUT2D eigenvalue weighted by Gasteiger charge is 2.19. The molecule has 0 radical (unpaired) electrons. The van der Waals surface area contributed by atoms with Crippen molar-refractivity contribution in [1.29, 1.82) is 0 Å². The molecular weight excluding hydrogens is 320 g/mol. The van der Waals surface area contributed by atoms with Crippen LogP contribution >= 0.6 is 34.5 Å². The SMILES string of the molecule is CC(c1nccs1)n1c(CCl)nc2cc(F)c(Cl)cc21. The average Bonchev–Trinajstić information content (AvgIpc) is 3.06. The van der Waals surface area contributed by atoms with Gasteiger partial charge in [-0.1, -0.05) is 11.6 Å². The van der Waals surface area contributed by atoms with Crippen LogP contribution in [0.1, 0.15) is 23.8 Å². The lowest BCUT2D eigenvalue weighted by atomic mass is 10.2. The van der Waals surface area contributed by atoms with Crippen LogP contribution in [0.4, 0.5) is 4.39 Å². The number of hydrogen-bond acceptors (Lipinski definition) is 3. The van der Waals surface area contributed by atoms with Gasteiger partial charge in [-0.3, -0.25) is 0 Å². The number of halogens is 3. The van der Waals surface area contributed by atoms with Crippen LogP contribution in [-0.4, -0.2) is 14.5 Å². The van der Waals surface area contributed by atoms with Gasteiger partial charge in [-0.25, -0.2) is 14.4 Å². The number of imidazole rings is 1. The Kier molecular flexibility index (Phi) is 3.67. The van der Waals surface area contributed by atoms with Crippen LogP contribution in [0, 0.1) is 5.82 Å². The first-order valence-electron chi connectivity index (χ1n) is 5.93. The summed E-state index contributed by atoms with van der Waals surface area (Å²) in [6, 6.07) is 2.88. The monoisotopic (exact) mass is 329 g/mol. The van der Waals surface area contributed by atoms with Gasteiger partial charge in [-0.15, -0.1) is 22.9 Å². The van der Waals surface area contributed by atoms with Gasteiger partial charge in [0, 0.05) is 17.6 Å². The number of rotatable bonds is 3. The van der Waals surface area contributed by atoms with E-state index in [0.29, 0.717) is 11.3 Å². The van der Waals surface area contributed by atoms with Crippen LogP contribution in [0.3, 0.4) is 0 Å². The first kappa shape index (κ1) is 13.8. The second kappa shape index (κ2) is 5.31. The summed E-state index contributed by atoms with van der Waals surface area (Å²) >= 11 is 13.4. The third kappa shape index (κ3) is 2.20. The van der Waals surface area contributed by atoms with Crippen LogP contribution in [0.2, 0.25) is 5.02 Å². The Labute approximate surface area is 129 Å². The first-order chi connectivity index (χ1) is 9.61. The maximum Gasteiger partial charge on any atom is 0.144 e.